The zero-order valence-electron chi connectivity index (χ0n) is 14.3. The van der Waals surface area contributed by atoms with E-state index in [1.54, 1.807) is 0 Å². The fourth-order valence-electron chi connectivity index (χ4n) is 2.78. The van der Waals surface area contributed by atoms with Crippen molar-refractivity contribution in [2.45, 2.75) is 18.8 Å². The molecule has 3 rings (SSSR count). The normalized spacial score (nSPS) is 12.6. The topological polar surface area (TPSA) is 12.0 Å². The second kappa shape index (κ2) is 8.55. The van der Waals surface area contributed by atoms with E-state index in [0.29, 0.717) is 0 Å². The van der Waals surface area contributed by atoms with Crippen molar-refractivity contribution >= 4 is 17.3 Å². The van der Waals surface area contributed by atoms with Crippen LogP contribution in [0.25, 0.3) is 16.8 Å². The first-order valence-electron chi connectivity index (χ1n) is 8.59. The Labute approximate surface area is 155 Å². The van der Waals surface area contributed by atoms with Crippen molar-refractivity contribution < 1.29 is 0 Å². The molecule has 2 heteroatoms. The maximum absolute atomic E-state index is 6.56. The molecule has 0 fully saturated rings. The number of nitrogens with one attached hydrogen (secondary N) is 1. The van der Waals surface area contributed by atoms with Crippen LogP contribution < -0.4 is 5.32 Å². The molecule has 25 heavy (non-hydrogen) atoms. The van der Waals surface area contributed by atoms with Gasteiger partial charge in [0.25, 0.3) is 0 Å². The van der Waals surface area contributed by atoms with E-state index in [-0.39, 0.29) is 5.50 Å². The summed E-state index contributed by atoms with van der Waals surface area (Å²) in [4.78, 5) is 0. The molecule has 3 aromatic carbocycles. The molecule has 0 spiro atoms. The molecule has 126 valence electrons. The van der Waals surface area contributed by atoms with Gasteiger partial charge in [-0.25, -0.2) is 0 Å². The van der Waals surface area contributed by atoms with Crippen molar-refractivity contribution in [1.29, 1.82) is 0 Å². The van der Waals surface area contributed by atoms with Crippen LogP contribution in [0.1, 0.15) is 30.0 Å². The molecule has 0 aliphatic heterocycles. The summed E-state index contributed by atoms with van der Waals surface area (Å²) in [6, 6.07) is 29.1. The summed E-state index contributed by atoms with van der Waals surface area (Å²) >= 11 is 6.56. The number of halogens is 1. The maximum atomic E-state index is 6.56. The van der Waals surface area contributed by atoms with Crippen LogP contribution in [-0.4, -0.2) is 0 Å². The number of allylic oxidation sites excluding steroid dienone is 1. The SMILES string of the molecule is CC/C=C(/NC(Cl)c1ccccc1)c1ccc(-c2ccccc2)cc1. The van der Waals surface area contributed by atoms with Crippen LogP contribution in [0.4, 0.5) is 0 Å². The van der Waals surface area contributed by atoms with Gasteiger partial charge < -0.3 is 5.32 Å². The molecule has 0 heterocycles. The Morgan fingerprint density at radius 1 is 0.840 bits per heavy atom. The summed E-state index contributed by atoms with van der Waals surface area (Å²) in [5.41, 5.74) is 5.45. The van der Waals surface area contributed by atoms with Gasteiger partial charge in [0.15, 0.2) is 0 Å². The number of benzene rings is 3. The molecule has 0 bridgehead atoms. The molecule has 1 atom stereocenters. The minimum Gasteiger partial charge on any atom is -0.365 e. The summed E-state index contributed by atoms with van der Waals surface area (Å²) in [6.45, 7) is 2.13. The van der Waals surface area contributed by atoms with Gasteiger partial charge in [0.1, 0.15) is 5.50 Å². The summed E-state index contributed by atoms with van der Waals surface area (Å²) in [5, 5.41) is 3.44. The fourth-order valence-corrected chi connectivity index (χ4v) is 3.04. The standard InChI is InChI=1S/C23H22ClN/c1-2-9-22(25-23(24)21-12-7-4-8-13-21)20-16-14-19(15-17-20)18-10-5-3-6-11-18/h3-17,23,25H,2H2,1H3/b22-9+. The second-order valence-electron chi connectivity index (χ2n) is 5.89. The minimum absolute atomic E-state index is 0.257. The Balaban J connectivity index is 1.80. The van der Waals surface area contributed by atoms with Gasteiger partial charge in [0.2, 0.25) is 0 Å². The maximum Gasteiger partial charge on any atom is 0.127 e. The third-order valence-corrected chi connectivity index (χ3v) is 4.45. The van der Waals surface area contributed by atoms with Gasteiger partial charge in [-0.05, 0) is 28.7 Å². The van der Waals surface area contributed by atoms with E-state index in [0.717, 1.165) is 23.2 Å². The predicted molar refractivity (Wildman–Crippen MR) is 108 cm³/mol. The molecule has 3 aromatic rings. The lowest BCUT2D eigenvalue weighted by atomic mass is 10.0. The van der Waals surface area contributed by atoms with E-state index >= 15 is 0 Å². The van der Waals surface area contributed by atoms with Crippen molar-refractivity contribution in [3.05, 3.63) is 102 Å². The van der Waals surface area contributed by atoms with Gasteiger partial charge in [-0.15, -0.1) is 0 Å². The van der Waals surface area contributed by atoms with E-state index in [4.69, 9.17) is 11.6 Å². The Bertz CT molecular complexity index is 808. The Kier molecular flexibility index (Phi) is 5.92. The van der Waals surface area contributed by atoms with Crippen molar-refractivity contribution in [1.82, 2.24) is 5.32 Å². The van der Waals surface area contributed by atoms with E-state index in [1.807, 2.05) is 36.4 Å². The van der Waals surface area contributed by atoms with Crippen molar-refractivity contribution in [2.75, 3.05) is 0 Å². The summed E-state index contributed by atoms with van der Waals surface area (Å²) in [5.74, 6) is 0. The van der Waals surface area contributed by atoms with E-state index in [1.165, 1.54) is 11.1 Å². The molecule has 1 unspecified atom stereocenters. The smallest absolute Gasteiger partial charge is 0.127 e. The highest BCUT2D eigenvalue weighted by Gasteiger charge is 2.10. The van der Waals surface area contributed by atoms with Crippen LogP contribution in [-0.2, 0) is 0 Å². The number of hydrogen-bond acceptors (Lipinski definition) is 1. The molecule has 0 saturated carbocycles. The van der Waals surface area contributed by atoms with Crippen LogP contribution in [0, 0.1) is 0 Å². The fraction of sp³-hybridized carbons (Fsp3) is 0.130. The van der Waals surface area contributed by atoms with Crippen LogP contribution in [0.5, 0.6) is 0 Å². The molecule has 1 nitrogen and oxygen atoms in total. The molecule has 0 saturated heterocycles. The highest BCUT2D eigenvalue weighted by molar-refractivity contribution is 6.21. The Hall–Kier alpha value is -2.51. The quantitative estimate of drug-likeness (QED) is 0.389. The molecule has 0 amide bonds. The first kappa shape index (κ1) is 17.3. The van der Waals surface area contributed by atoms with Gasteiger partial charge in [0.05, 0.1) is 0 Å². The van der Waals surface area contributed by atoms with Gasteiger partial charge >= 0.3 is 0 Å². The van der Waals surface area contributed by atoms with Crippen LogP contribution >= 0.6 is 11.6 Å². The summed E-state index contributed by atoms with van der Waals surface area (Å²) in [7, 11) is 0. The average molecular weight is 348 g/mol. The predicted octanol–water partition coefficient (Wildman–Crippen LogP) is 6.63. The van der Waals surface area contributed by atoms with Crippen molar-refractivity contribution in [3.63, 3.8) is 0 Å². The van der Waals surface area contributed by atoms with Gasteiger partial charge in [0, 0.05) is 5.70 Å². The van der Waals surface area contributed by atoms with E-state index in [2.05, 4.69) is 66.8 Å². The van der Waals surface area contributed by atoms with Gasteiger partial charge in [-0.2, -0.15) is 0 Å². The average Bonchev–Trinajstić information content (AvgIpc) is 2.69. The van der Waals surface area contributed by atoms with Crippen LogP contribution in [0.3, 0.4) is 0 Å². The zero-order chi connectivity index (χ0) is 17.5. The molecule has 0 aliphatic rings. The molecule has 0 aromatic heterocycles. The van der Waals surface area contributed by atoms with Gasteiger partial charge in [-0.3, -0.25) is 0 Å². The molecular formula is C23H22ClN. The minimum atomic E-state index is -0.257. The van der Waals surface area contributed by atoms with Crippen LogP contribution in [0.15, 0.2) is 91.0 Å². The van der Waals surface area contributed by atoms with Gasteiger partial charge in [-0.1, -0.05) is 110 Å². The highest BCUT2D eigenvalue weighted by Crippen LogP contribution is 2.25. The molecule has 1 N–H and O–H groups in total. The molecular weight excluding hydrogens is 326 g/mol. The lowest BCUT2D eigenvalue weighted by molar-refractivity contribution is 0.847. The molecule has 0 radical (unpaired) electrons. The number of rotatable bonds is 6. The van der Waals surface area contributed by atoms with Crippen molar-refractivity contribution in [3.8, 4) is 11.1 Å². The third kappa shape index (κ3) is 4.52. The second-order valence-corrected chi connectivity index (χ2v) is 6.32. The highest BCUT2D eigenvalue weighted by atomic mass is 35.5. The van der Waals surface area contributed by atoms with E-state index in [9.17, 15) is 0 Å². The first-order chi connectivity index (χ1) is 12.3. The Morgan fingerprint density at radius 2 is 1.40 bits per heavy atom. The number of hydrogen-bond donors (Lipinski definition) is 1. The molecule has 0 aliphatic carbocycles. The Morgan fingerprint density at radius 3 is 2.00 bits per heavy atom. The summed E-state index contributed by atoms with van der Waals surface area (Å²) < 4.78 is 0. The largest absolute Gasteiger partial charge is 0.365 e. The van der Waals surface area contributed by atoms with Crippen molar-refractivity contribution in [2.24, 2.45) is 0 Å². The zero-order valence-corrected chi connectivity index (χ0v) is 15.1. The number of alkyl halides is 1. The summed E-state index contributed by atoms with van der Waals surface area (Å²) in [6.07, 6.45) is 3.12. The van der Waals surface area contributed by atoms with E-state index < -0.39 is 0 Å². The van der Waals surface area contributed by atoms with Crippen LogP contribution in [0.2, 0.25) is 0 Å². The monoisotopic (exact) mass is 347 g/mol. The lowest BCUT2D eigenvalue weighted by Crippen LogP contribution is -2.15. The first-order valence-corrected chi connectivity index (χ1v) is 9.03. The lowest BCUT2D eigenvalue weighted by Gasteiger charge is -2.17. The third-order valence-electron chi connectivity index (χ3n) is 4.09.